The van der Waals surface area contributed by atoms with E-state index in [-0.39, 0.29) is 24.6 Å². The average Bonchev–Trinajstić information content (AvgIpc) is 3.22. The van der Waals surface area contributed by atoms with Crippen LogP contribution in [0.3, 0.4) is 0 Å². The Morgan fingerprint density at radius 1 is 1.14 bits per heavy atom. The van der Waals surface area contributed by atoms with E-state index < -0.39 is 41.9 Å². The molecule has 2 amide bonds. The van der Waals surface area contributed by atoms with Crippen molar-refractivity contribution in [2.24, 2.45) is 0 Å². The number of carbonyl (C=O) groups is 2. The Morgan fingerprint density at radius 2 is 1.89 bits per heavy atom. The zero-order chi connectivity index (χ0) is 25.7. The smallest absolute Gasteiger partial charge is 0.408 e. The van der Waals surface area contributed by atoms with Gasteiger partial charge in [0, 0.05) is 24.7 Å². The Kier molecular flexibility index (Phi) is 8.12. The molecule has 2 aromatic rings. The molecular weight excluding hydrogens is 468 g/mol. The van der Waals surface area contributed by atoms with Gasteiger partial charge in [-0.3, -0.25) is 4.79 Å². The normalized spacial score (nSPS) is 20.1. The van der Waals surface area contributed by atoms with Crippen LogP contribution in [0.25, 0.3) is 0 Å². The van der Waals surface area contributed by atoms with Crippen LogP contribution in [0.1, 0.15) is 23.6 Å². The Bertz CT molecular complexity index is 1160. The summed E-state index contributed by atoms with van der Waals surface area (Å²) >= 11 is 0. The second kappa shape index (κ2) is 11.5. The number of aryl methyl sites for hydroxylation is 1. The second-order valence-electron chi connectivity index (χ2n) is 8.95. The van der Waals surface area contributed by atoms with Gasteiger partial charge >= 0.3 is 6.09 Å². The SMILES string of the molecule is CCc1cccc(CNC[C@H](O)[C@@H](Cc2cc(F)cc(F)c2)NC(=O)C2=CC3OC(=O)NC3C=C2)c1. The number of fused-ring (bicyclic) bond motifs is 1. The lowest BCUT2D eigenvalue weighted by Crippen LogP contribution is -2.49. The van der Waals surface area contributed by atoms with Crippen molar-refractivity contribution in [2.45, 2.75) is 50.6 Å². The molecule has 1 saturated heterocycles. The van der Waals surface area contributed by atoms with Gasteiger partial charge in [-0.1, -0.05) is 43.3 Å². The van der Waals surface area contributed by atoms with Gasteiger partial charge in [-0.2, -0.15) is 0 Å². The number of hydrogen-bond donors (Lipinski definition) is 4. The number of aliphatic hydroxyl groups excluding tert-OH is 1. The van der Waals surface area contributed by atoms with Crippen molar-refractivity contribution in [3.8, 4) is 0 Å². The summed E-state index contributed by atoms with van der Waals surface area (Å²) in [5, 5.41) is 19.5. The number of alkyl carbamates (subject to hydrolysis) is 1. The Labute approximate surface area is 208 Å². The second-order valence-corrected chi connectivity index (χ2v) is 8.95. The third-order valence-electron chi connectivity index (χ3n) is 6.21. The van der Waals surface area contributed by atoms with Crippen LogP contribution in [0, 0.1) is 11.6 Å². The third kappa shape index (κ3) is 6.56. The Morgan fingerprint density at radius 3 is 2.64 bits per heavy atom. The Hall–Kier alpha value is -3.56. The maximum atomic E-state index is 13.8. The first-order valence-electron chi connectivity index (χ1n) is 11.9. The minimum absolute atomic E-state index is 0.00811. The predicted octanol–water partition coefficient (Wildman–Crippen LogP) is 2.68. The summed E-state index contributed by atoms with van der Waals surface area (Å²) in [6, 6.07) is 10.00. The number of carbonyl (C=O) groups excluding carboxylic acids is 2. The predicted molar refractivity (Wildman–Crippen MR) is 130 cm³/mol. The number of aliphatic hydroxyl groups is 1. The molecule has 7 nitrogen and oxygen atoms in total. The van der Waals surface area contributed by atoms with Gasteiger partial charge in [0.25, 0.3) is 5.91 Å². The fraction of sp³-hybridized carbons (Fsp3) is 0.333. The van der Waals surface area contributed by atoms with E-state index in [9.17, 15) is 23.5 Å². The molecule has 4 atom stereocenters. The molecular formula is C27H29F2N3O4. The molecule has 190 valence electrons. The molecule has 2 unspecified atom stereocenters. The van der Waals surface area contributed by atoms with Crippen molar-refractivity contribution in [3.63, 3.8) is 0 Å². The lowest BCUT2D eigenvalue weighted by molar-refractivity contribution is -0.118. The van der Waals surface area contributed by atoms with Crippen LogP contribution < -0.4 is 16.0 Å². The molecule has 0 spiro atoms. The van der Waals surface area contributed by atoms with Gasteiger partial charge in [-0.15, -0.1) is 0 Å². The highest BCUT2D eigenvalue weighted by Gasteiger charge is 2.34. The number of benzene rings is 2. The van der Waals surface area contributed by atoms with Crippen molar-refractivity contribution in [1.29, 1.82) is 0 Å². The maximum absolute atomic E-state index is 13.8. The van der Waals surface area contributed by atoms with Crippen molar-refractivity contribution in [1.82, 2.24) is 16.0 Å². The first kappa shape index (κ1) is 25.5. The zero-order valence-corrected chi connectivity index (χ0v) is 19.8. The number of rotatable bonds is 10. The Balaban J connectivity index is 1.44. The number of amides is 2. The van der Waals surface area contributed by atoms with E-state index in [1.807, 2.05) is 18.2 Å². The van der Waals surface area contributed by atoms with Crippen molar-refractivity contribution in [2.75, 3.05) is 6.54 Å². The molecule has 4 N–H and O–H groups in total. The molecule has 1 aliphatic heterocycles. The van der Waals surface area contributed by atoms with Crippen LogP contribution in [0.15, 0.2) is 66.3 Å². The van der Waals surface area contributed by atoms with Gasteiger partial charge in [0.2, 0.25) is 0 Å². The summed E-state index contributed by atoms with van der Waals surface area (Å²) < 4.78 is 32.7. The quantitative estimate of drug-likeness (QED) is 0.405. The minimum Gasteiger partial charge on any atom is -0.439 e. The first-order valence-corrected chi connectivity index (χ1v) is 11.9. The molecule has 0 saturated carbocycles. The first-order chi connectivity index (χ1) is 17.3. The summed E-state index contributed by atoms with van der Waals surface area (Å²) in [4.78, 5) is 24.5. The van der Waals surface area contributed by atoms with E-state index in [0.29, 0.717) is 12.1 Å². The lowest BCUT2D eigenvalue weighted by atomic mass is 9.97. The molecule has 1 fully saturated rings. The van der Waals surface area contributed by atoms with Gasteiger partial charge in [0.1, 0.15) is 17.7 Å². The maximum Gasteiger partial charge on any atom is 0.408 e. The van der Waals surface area contributed by atoms with Crippen LogP contribution in [-0.2, 0) is 28.9 Å². The zero-order valence-electron chi connectivity index (χ0n) is 19.8. The molecule has 0 aromatic heterocycles. The van der Waals surface area contributed by atoms with Gasteiger partial charge in [-0.05, 0) is 47.7 Å². The van der Waals surface area contributed by atoms with Crippen molar-refractivity contribution >= 4 is 12.0 Å². The van der Waals surface area contributed by atoms with Crippen molar-refractivity contribution in [3.05, 3.63) is 94.6 Å². The fourth-order valence-corrected chi connectivity index (χ4v) is 4.32. The minimum atomic E-state index is -1.05. The molecule has 0 bridgehead atoms. The molecule has 0 radical (unpaired) electrons. The summed E-state index contributed by atoms with van der Waals surface area (Å²) in [5.74, 6) is -1.97. The molecule has 36 heavy (non-hydrogen) atoms. The monoisotopic (exact) mass is 497 g/mol. The standard InChI is InChI=1S/C27H29F2N3O4/c1-2-16-4-3-5-17(8-16)14-30-15-24(33)23(11-18-9-20(28)13-21(29)10-18)31-26(34)19-6-7-22-25(12-19)36-27(35)32-22/h3-10,12-13,22-25,30,33H,2,11,14-15H2,1H3,(H,31,34)(H,32,35)/t22?,23-,24+,25?/m1/s1. The van der Waals surface area contributed by atoms with Crippen LogP contribution in [0.4, 0.5) is 13.6 Å². The summed E-state index contributed by atoms with van der Waals surface area (Å²) in [6.45, 7) is 2.72. The van der Waals surface area contributed by atoms with Gasteiger partial charge in [-0.25, -0.2) is 13.6 Å². The van der Waals surface area contributed by atoms with Crippen LogP contribution in [0.2, 0.25) is 0 Å². The fourth-order valence-electron chi connectivity index (χ4n) is 4.32. The van der Waals surface area contributed by atoms with E-state index in [0.717, 1.165) is 18.1 Å². The number of halogens is 2. The highest BCUT2D eigenvalue weighted by molar-refractivity contribution is 5.97. The molecule has 2 aliphatic rings. The van der Waals surface area contributed by atoms with E-state index in [4.69, 9.17) is 4.74 Å². The number of hydrogen-bond acceptors (Lipinski definition) is 5. The molecule has 9 heteroatoms. The summed E-state index contributed by atoms with van der Waals surface area (Å²) in [6.07, 6.45) is 3.45. The topological polar surface area (TPSA) is 99.7 Å². The van der Waals surface area contributed by atoms with Gasteiger partial charge in [0.15, 0.2) is 0 Å². The average molecular weight is 498 g/mol. The number of ether oxygens (including phenoxy) is 1. The van der Waals surface area contributed by atoms with Crippen LogP contribution in [-0.4, -0.2) is 47.9 Å². The van der Waals surface area contributed by atoms with E-state index in [1.165, 1.54) is 23.8 Å². The lowest BCUT2D eigenvalue weighted by Gasteiger charge is -2.26. The van der Waals surface area contributed by atoms with Crippen LogP contribution in [0.5, 0.6) is 0 Å². The van der Waals surface area contributed by atoms with E-state index in [1.54, 1.807) is 12.2 Å². The molecule has 1 heterocycles. The van der Waals surface area contributed by atoms with Crippen molar-refractivity contribution < 1.29 is 28.2 Å². The molecule has 1 aliphatic carbocycles. The van der Waals surface area contributed by atoms with Gasteiger partial charge < -0.3 is 25.8 Å². The van der Waals surface area contributed by atoms with E-state index in [2.05, 4.69) is 28.9 Å². The largest absolute Gasteiger partial charge is 0.439 e. The molecule has 4 rings (SSSR count). The van der Waals surface area contributed by atoms with E-state index >= 15 is 0 Å². The summed E-state index contributed by atoms with van der Waals surface area (Å²) in [5.41, 5.74) is 2.82. The third-order valence-corrected chi connectivity index (χ3v) is 6.21. The highest BCUT2D eigenvalue weighted by atomic mass is 19.1. The highest BCUT2D eigenvalue weighted by Crippen LogP contribution is 2.20. The summed E-state index contributed by atoms with van der Waals surface area (Å²) in [7, 11) is 0. The molecule has 2 aromatic carbocycles. The van der Waals surface area contributed by atoms with Gasteiger partial charge in [0.05, 0.1) is 18.2 Å². The number of nitrogens with one attached hydrogen (secondary N) is 3. The van der Waals surface area contributed by atoms with Crippen LogP contribution >= 0.6 is 0 Å².